The molecule has 4 rings (SSSR count). The Balaban J connectivity index is 1.59. The number of pyridine rings is 1. The number of nitrogens with one attached hydrogen (secondary N) is 1. The molecule has 0 bridgehead atoms. The Morgan fingerprint density at radius 2 is 1.91 bits per heavy atom. The summed E-state index contributed by atoms with van der Waals surface area (Å²) < 4.78 is 13.4. The van der Waals surface area contributed by atoms with Crippen LogP contribution in [-0.2, 0) is 11.3 Å². The first-order valence-electron chi connectivity index (χ1n) is 12.1. The molecule has 2 aromatic rings. The number of carbonyl (C=O) groups excluding carboxylic acids is 2. The van der Waals surface area contributed by atoms with Crippen molar-refractivity contribution in [1.29, 1.82) is 0 Å². The van der Waals surface area contributed by atoms with Gasteiger partial charge in [0.05, 0.1) is 5.56 Å². The van der Waals surface area contributed by atoms with Gasteiger partial charge in [-0.3, -0.25) is 19.5 Å². The first-order chi connectivity index (χ1) is 16.4. The average Bonchev–Trinajstić information content (AvgIpc) is 3.30. The summed E-state index contributed by atoms with van der Waals surface area (Å²) in [5.74, 6) is 0.0173. The third-order valence-electron chi connectivity index (χ3n) is 6.58. The van der Waals surface area contributed by atoms with E-state index in [4.69, 9.17) is 0 Å². The van der Waals surface area contributed by atoms with E-state index < -0.39 is 6.04 Å². The fraction of sp³-hybridized carbons (Fsp3) is 0.500. The molecule has 1 aromatic carbocycles. The number of rotatable bonds is 7. The minimum atomic E-state index is -0.501. The lowest BCUT2D eigenvalue weighted by Gasteiger charge is -2.32. The van der Waals surface area contributed by atoms with Crippen LogP contribution in [0.5, 0.6) is 0 Å². The van der Waals surface area contributed by atoms with Gasteiger partial charge in [-0.05, 0) is 42.2 Å². The molecular weight excluding hydrogens is 433 g/mol. The lowest BCUT2D eigenvalue weighted by Crippen LogP contribution is -2.53. The summed E-state index contributed by atoms with van der Waals surface area (Å²) in [6, 6.07) is 9.59. The monoisotopic (exact) mass is 467 g/mol. The largest absolute Gasteiger partial charge is 0.338 e. The summed E-state index contributed by atoms with van der Waals surface area (Å²) in [4.78, 5) is 37.1. The maximum atomic E-state index is 13.6. The molecule has 2 aliphatic heterocycles. The molecule has 2 atom stereocenters. The van der Waals surface area contributed by atoms with Gasteiger partial charge in [0.25, 0.3) is 5.91 Å². The predicted octanol–water partition coefficient (Wildman–Crippen LogP) is 2.39. The Morgan fingerprint density at radius 1 is 1.18 bits per heavy atom. The van der Waals surface area contributed by atoms with Gasteiger partial charge in [0.15, 0.2) is 0 Å². The van der Waals surface area contributed by atoms with Gasteiger partial charge in [-0.1, -0.05) is 26.0 Å². The number of piperazine rings is 1. The van der Waals surface area contributed by atoms with Gasteiger partial charge in [-0.25, -0.2) is 4.39 Å². The van der Waals surface area contributed by atoms with Crippen LogP contribution in [0.1, 0.15) is 36.2 Å². The van der Waals surface area contributed by atoms with Crippen LogP contribution in [0, 0.1) is 11.7 Å². The highest BCUT2D eigenvalue weighted by atomic mass is 19.1. The van der Waals surface area contributed by atoms with Crippen LogP contribution >= 0.6 is 0 Å². The number of hydrogen-bond donors (Lipinski definition) is 1. The van der Waals surface area contributed by atoms with Crippen LogP contribution in [0.3, 0.4) is 0 Å². The molecule has 2 fully saturated rings. The van der Waals surface area contributed by atoms with Crippen molar-refractivity contribution in [2.45, 2.75) is 38.9 Å². The molecule has 182 valence electrons. The van der Waals surface area contributed by atoms with Gasteiger partial charge in [0, 0.05) is 64.2 Å². The van der Waals surface area contributed by atoms with Gasteiger partial charge in [-0.15, -0.1) is 0 Å². The van der Waals surface area contributed by atoms with E-state index in [1.165, 1.54) is 12.1 Å². The number of carbonyl (C=O) groups is 2. The van der Waals surface area contributed by atoms with Crippen molar-refractivity contribution < 1.29 is 14.0 Å². The molecule has 1 N–H and O–H groups in total. The van der Waals surface area contributed by atoms with Crippen molar-refractivity contribution in [1.82, 2.24) is 25.0 Å². The quantitative estimate of drug-likeness (QED) is 0.677. The van der Waals surface area contributed by atoms with Gasteiger partial charge in [0.2, 0.25) is 5.91 Å². The molecule has 8 heteroatoms. The standard InChI is InChI=1S/C26H34FN5O2/c1-19(2)16-31(17-20-5-7-22(27)8-6-20)23-14-24(26(34)30-12-10-28-11-13-30)32(18-23)25(33)21-4-3-9-29-15-21/h3-9,15,19,23-24,28H,10-14,16-18H2,1-2H3. The molecule has 2 aliphatic rings. The Kier molecular flexibility index (Phi) is 7.90. The van der Waals surface area contributed by atoms with E-state index in [2.05, 4.69) is 29.0 Å². The van der Waals surface area contributed by atoms with Crippen molar-refractivity contribution in [2.24, 2.45) is 5.92 Å². The molecule has 0 radical (unpaired) electrons. The van der Waals surface area contributed by atoms with Crippen LogP contribution < -0.4 is 5.32 Å². The minimum absolute atomic E-state index is 0.0209. The average molecular weight is 468 g/mol. The first-order valence-corrected chi connectivity index (χ1v) is 12.1. The third-order valence-corrected chi connectivity index (χ3v) is 6.58. The Hall–Kier alpha value is -2.84. The van der Waals surface area contributed by atoms with Gasteiger partial charge < -0.3 is 15.1 Å². The molecule has 0 spiro atoms. The zero-order valence-corrected chi connectivity index (χ0v) is 20.0. The van der Waals surface area contributed by atoms with Crippen LogP contribution in [0.4, 0.5) is 4.39 Å². The number of amides is 2. The fourth-order valence-corrected chi connectivity index (χ4v) is 4.92. The molecule has 34 heavy (non-hydrogen) atoms. The molecule has 7 nitrogen and oxygen atoms in total. The topological polar surface area (TPSA) is 68.8 Å². The van der Waals surface area contributed by atoms with E-state index in [1.54, 1.807) is 41.6 Å². The molecule has 3 heterocycles. The highest BCUT2D eigenvalue weighted by molar-refractivity contribution is 5.97. The van der Waals surface area contributed by atoms with E-state index in [9.17, 15) is 14.0 Å². The maximum Gasteiger partial charge on any atom is 0.256 e. The predicted molar refractivity (Wildman–Crippen MR) is 129 cm³/mol. The summed E-state index contributed by atoms with van der Waals surface area (Å²) >= 11 is 0. The normalized spacial score (nSPS) is 20.9. The molecule has 2 unspecified atom stereocenters. The minimum Gasteiger partial charge on any atom is -0.338 e. The zero-order chi connectivity index (χ0) is 24.1. The summed E-state index contributed by atoms with van der Waals surface area (Å²) in [5, 5.41) is 3.28. The molecule has 1 aromatic heterocycles. The van der Waals surface area contributed by atoms with Crippen molar-refractivity contribution in [3.63, 3.8) is 0 Å². The summed E-state index contributed by atoms with van der Waals surface area (Å²) in [6.07, 6.45) is 3.79. The summed E-state index contributed by atoms with van der Waals surface area (Å²) in [7, 11) is 0. The van der Waals surface area contributed by atoms with E-state index in [1.807, 2.05) is 4.90 Å². The SMILES string of the molecule is CC(C)CN(Cc1ccc(F)cc1)C1CC(C(=O)N2CCNCC2)N(C(=O)c2cccnc2)C1. The van der Waals surface area contributed by atoms with Crippen molar-refractivity contribution in [3.05, 3.63) is 65.7 Å². The Morgan fingerprint density at radius 3 is 2.56 bits per heavy atom. The third kappa shape index (κ3) is 5.80. The molecule has 2 amide bonds. The van der Waals surface area contributed by atoms with Crippen LogP contribution in [-0.4, -0.2) is 82.9 Å². The van der Waals surface area contributed by atoms with Crippen molar-refractivity contribution >= 4 is 11.8 Å². The first kappa shape index (κ1) is 24.3. The fourth-order valence-electron chi connectivity index (χ4n) is 4.92. The van der Waals surface area contributed by atoms with E-state index in [0.29, 0.717) is 44.1 Å². The van der Waals surface area contributed by atoms with Crippen LogP contribution in [0.15, 0.2) is 48.8 Å². The highest BCUT2D eigenvalue weighted by Crippen LogP contribution is 2.28. The summed E-state index contributed by atoms with van der Waals surface area (Å²) in [5.41, 5.74) is 1.51. The second-order valence-corrected chi connectivity index (χ2v) is 9.63. The van der Waals surface area contributed by atoms with Crippen LogP contribution in [0.25, 0.3) is 0 Å². The summed E-state index contributed by atoms with van der Waals surface area (Å²) in [6.45, 7) is 9.11. The smallest absolute Gasteiger partial charge is 0.256 e. The van der Waals surface area contributed by atoms with Crippen molar-refractivity contribution in [2.75, 3.05) is 39.3 Å². The number of halogens is 1. The molecular formula is C26H34FN5O2. The Bertz CT molecular complexity index is 963. The lowest BCUT2D eigenvalue weighted by atomic mass is 10.1. The second kappa shape index (κ2) is 11.1. The van der Waals surface area contributed by atoms with Gasteiger partial charge in [0.1, 0.15) is 11.9 Å². The molecule has 0 aliphatic carbocycles. The Labute approximate surface area is 200 Å². The molecule has 0 saturated carbocycles. The van der Waals surface area contributed by atoms with Crippen LogP contribution in [0.2, 0.25) is 0 Å². The number of nitrogens with zero attached hydrogens (tertiary/aromatic N) is 4. The second-order valence-electron chi connectivity index (χ2n) is 9.63. The highest BCUT2D eigenvalue weighted by Gasteiger charge is 2.43. The van der Waals surface area contributed by atoms with E-state index >= 15 is 0 Å². The van der Waals surface area contributed by atoms with Gasteiger partial charge in [-0.2, -0.15) is 0 Å². The zero-order valence-electron chi connectivity index (χ0n) is 20.0. The number of aromatic nitrogens is 1. The lowest BCUT2D eigenvalue weighted by molar-refractivity contribution is -0.135. The molecule has 2 saturated heterocycles. The van der Waals surface area contributed by atoms with Crippen molar-refractivity contribution in [3.8, 4) is 0 Å². The number of likely N-dealkylation sites (tertiary alicyclic amines) is 1. The van der Waals surface area contributed by atoms with E-state index in [-0.39, 0.29) is 23.7 Å². The van der Waals surface area contributed by atoms with Gasteiger partial charge >= 0.3 is 0 Å². The maximum absolute atomic E-state index is 13.6. The van der Waals surface area contributed by atoms with E-state index in [0.717, 1.165) is 25.2 Å². The number of benzene rings is 1. The number of hydrogen-bond acceptors (Lipinski definition) is 5.